The van der Waals surface area contributed by atoms with Gasteiger partial charge in [-0.25, -0.2) is 0 Å². The van der Waals surface area contributed by atoms with Crippen molar-refractivity contribution in [1.82, 2.24) is 10.2 Å². The topological polar surface area (TPSA) is 15.3 Å². The lowest BCUT2D eigenvalue weighted by molar-refractivity contribution is 0.133. The van der Waals surface area contributed by atoms with Crippen molar-refractivity contribution in [3.05, 3.63) is 0 Å². The van der Waals surface area contributed by atoms with Crippen LogP contribution >= 0.6 is 0 Å². The summed E-state index contributed by atoms with van der Waals surface area (Å²) in [7, 11) is 2.29. The third-order valence-corrected chi connectivity index (χ3v) is 3.98. The van der Waals surface area contributed by atoms with Crippen molar-refractivity contribution in [1.29, 1.82) is 0 Å². The van der Waals surface area contributed by atoms with Gasteiger partial charge < -0.3 is 10.2 Å². The molecule has 0 aromatic rings. The molecule has 2 atom stereocenters. The molecule has 0 radical (unpaired) electrons. The minimum atomic E-state index is 0.672. The van der Waals surface area contributed by atoms with Crippen molar-refractivity contribution < 1.29 is 0 Å². The van der Waals surface area contributed by atoms with Crippen LogP contribution in [0.2, 0.25) is 0 Å². The second-order valence-corrected chi connectivity index (χ2v) is 5.07. The van der Waals surface area contributed by atoms with Crippen LogP contribution in [0.3, 0.4) is 0 Å². The molecule has 15 heavy (non-hydrogen) atoms. The molecule has 2 nitrogen and oxygen atoms in total. The van der Waals surface area contributed by atoms with Crippen molar-refractivity contribution in [3.63, 3.8) is 0 Å². The molecule has 1 rings (SSSR count). The standard InChI is InChI=1S/C13H28N2/c1-5-11(3)13(14-6-2)10-15(4)12-8-7-9-12/h11-14H,5-10H2,1-4H3. The number of hydrogen-bond acceptors (Lipinski definition) is 2. The van der Waals surface area contributed by atoms with Crippen LogP contribution in [0.1, 0.15) is 46.5 Å². The maximum absolute atomic E-state index is 3.63. The van der Waals surface area contributed by atoms with E-state index in [4.69, 9.17) is 0 Å². The fraction of sp³-hybridized carbons (Fsp3) is 1.00. The highest BCUT2D eigenvalue weighted by molar-refractivity contribution is 4.82. The molecule has 1 aliphatic rings. The van der Waals surface area contributed by atoms with Gasteiger partial charge in [-0.1, -0.05) is 33.6 Å². The molecule has 0 spiro atoms. The van der Waals surface area contributed by atoms with Crippen LogP contribution < -0.4 is 5.32 Å². The Morgan fingerprint density at radius 1 is 1.33 bits per heavy atom. The summed E-state index contributed by atoms with van der Waals surface area (Å²) in [6.07, 6.45) is 5.53. The van der Waals surface area contributed by atoms with Gasteiger partial charge >= 0.3 is 0 Å². The molecular weight excluding hydrogens is 184 g/mol. The Labute approximate surface area is 95.4 Å². The number of hydrogen-bond donors (Lipinski definition) is 1. The van der Waals surface area contributed by atoms with Crippen LogP contribution in [0.5, 0.6) is 0 Å². The lowest BCUT2D eigenvalue weighted by atomic mass is 9.90. The van der Waals surface area contributed by atoms with E-state index in [9.17, 15) is 0 Å². The predicted octanol–water partition coefficient (Wildman–Crippen LogP) is 2.49. The Balaban J connectivity index is 2.34. The molecule has 0 aliphatic heterocycles. The fourth-order valence-corrected chi connectivity index (χ4v) is 2.28. The van der Waals surface area contributed by atoms with E-state index in [1.807, 2.05) is 0 Å². The second-order valence-electron chi connectivity index (χ2n) is 5.07. The van der Waals surface area contributed by atoms with Gasteiger partial charge in [-0.2, -0.15) is 0 Å². The van der Waals surface area contributed by atoms with Crippen LogP contribution in [0, 0.1) is 5.92 Å². The van der Waals surface area contributed by atoms with Crippen molar-refractivity contribution >= 4 is 0 Å². The Hall–Kier alpha value is -0.0800. The van der Waals surface area contributed by atoms with Crippen molar-refractivity contribution in [2.75, 3.05) is 20.1 Å². The van der Waals surface area contributed by atoms with Crippen LogP contribution in [0.15, 0.2) is 0 Å². The maximum atomic E-state index is 3.63. The van der Waals surface area contributed by atoms with Crippen molar-refractivity contribution in [3.8, 4) is 0 Å². The van der Waals surface area contributed by atoms with Gasteiger partial charge in [0.1, 0.15) is 0 Å². The number of nitrogens with zero attached hydrogens (tertiary/aromatic N) is 1. The van der Waals surface area contributed by atoms with Gasteiger partial charge in [0.05, 0.1) is 0 Å². The van der Waals surface area contributed by atoms with E-state index in [1.54, 1.807) is 0 Å². The van der Waals surface area contributed by atoms with Gasteiger partial charge in [0.15, 0.2) is 0 Å². The van der Waals surface area contributed by atoms with Crippen molar-refractivity contribution in [2.24, 2.45) is 5.92 Å². The van der Waals surface area contributed by atoms with E-state index < -0.39 is 0 Å². The number of nitrogens with one attached hydrogen (secondary N) is 1. The molecule has 1 aliphatic carbocycles. The zero-order valence-corrected chi connectivity index (χ0v) is 10.9. The average Bonchev–Trinajstić information content (AvgIpc) is 2.13. The largest absolute Gasteiger partial charge is 0.313 e. The molecule has 2 heteroatoms. The first kappa shape index (κ1) is 13.0. The smallest absolute Gasteiger partial charge is 0.0220 e. The van der Waals surface area contributed by atoms with Gasteiger partial charge in [-0.05, 0) is 32.4 Å². The van der Waals surface area contributed by atoms with Gasteiger partial charge in [0.25, 0.3) is 0 Å². The summed E-state index contributed by atoms with van der Waals surface area (Å²) in [6.45, 7) is 9.17. The summed E-state index contributed by atoms with van der Waals surface area (Å²) in [5.74, 6) is 0.785. The molecule has 0 amide bonds. The predicted molar refractivity (Wildman–Crippen MR) is 67.2 cm³/mol. The summed E-state index contributed by atoms with van der Waals surface area (Å²) >= 11 is 0. The third-order valence-electron chi connectivity index (χ3n) is 3.98. The lowest BCUT2D eigenvalue weighted by Gasteiger charge is -2.38. The van der Waals surface area contributed by atoms with Crippen LogP contribution in [0.4, 0.5) is 0 Å². The monoisotopic (exact) mass is 212 g/mol. The van der Waals surface area contributed by atoms with Crippen LogP contribution in [-0.4, -0.2) is 37.1 Å². The van der Waals surface area contributed by atoms with Crippen LogP contribution in [-0.2, 0) is 0 Å². The average molecular weight is 212 g/mol. The Morgan fingerprint density at radius 2 is 2.00 bits per heavy atom. The highest BCUT2D eigenvalue weighted by Gasteiger charge is 2.25. The molecule has 0 aromatic heterocycles. The highest BCUT2D eigenvalue weighted by atomic mass is 15.2. The quantitative estimate of drug-likeness (QED) is 0.697. The molecule has 1 saturated carbocycles. The molecular formula is C13H28N2. The summed E-state index contributed by atoms with van der Waals surface area (Å²) in [4.78, 5) is 2.56. The summed E-state index contributed by atoms with van der Waals surface area (Å²) in [5, 5.41) is 3.63. The normalized spacial score (nSPS) is 21.4. The second kappa shape index (κ2) is 6.49. The van der Waals surface area contributed by atoms with E-state index in [0.29, 0.717) is 6.04 Å². The minimum absolute atomic E-state index is 0.672. The zero-order valence-electron chi connectivity index (χ0n) is 10.9. The molecule has 1 N–H and O–H groups in total. The molecule has 1 fully saturated rings. The lowest BCUT2D eigenvalue weighted by Crippen LogP contribution is -2.48. The highest BCUT2D eigenvalue weighted by Crippen LogP contribution is 2.24. The van der Waals surface area contributed by atoms with Crippen molar-refractivity contribution in [2.45, 2.75) is 58.5 Å². The molecule has 0 heterocycles. The molecule has 0 bridgehead atoms. The number of likely N-dealkylation sites (N-methyl/N-ethyl adjacent to an activating group) is 2. The Bertz CT molecular complexity index is 166. The van der Waals surface area contributed by atoms with E-state index >= 15 is 0 Å². The van der Waals surface area contributed by atoms with E-state index in [2.05, 4.69) is 38.0 Å². The van der Waals surface area contributed by atoms with E-state index in [-0.39, 0.29) is 0 Å². The molecule has 0 saturated heterocycles. The maximum Gasteiger partial charge on any atom is 0.0220 e. The molecule has 90 valence electrons. The van der Waals surface area contributed by atoms with Gasteiger partial charge in [-0.3, -0.25) is 0 Å². The van der Waals surface area contributed by atoms with Crippen LogP contribution in [0.25, 0.3) is 0 Å². The molecule has 0 aromatic carbocycles. The summed E-state index contributed by atoms with van der Waals surface area (Å²) in [5.41, 5.74) is 0. The SMILES string of the molecule is CCNC(CN(C)C1CCC1)C(C)CC. The van der Waals surface area contributed by atoms with Gasteiger partial charge in [-0.15, -0.1) is 0 Å². The first-order valence-corrected chi connectivity index (χ1v) is 6.62. The van der Waals surface area contributed by atoms with E-state index in [0.717, 1.165) is 18.5 Å². The third kappa shape index (κ3) is 3.76. The fourth-order valence-electron chi connectivity index (χ4n) is 2.28. The summed E-state index contributed by atoms with van der Waals surface area (Å²) < 4.78 is 0. The van der Waals surface area contributed by atoms with Gasteiger partial charge in [0, 0.05) is 18.6 Å². The Kier molecular flexibility index (Phi) is 5.62. The molecule has 2 unspecified atom stereocenters. The number of rotatable bonds is 7. The summed E-state index contributed by atoms with van der Waals surface area (Å²) in [6, 6.07) is 1.54. The Morgan fingerprint density at radius 3 is 2.40 bits per heavy atom. The van der Waals surface area contributed by atoms with E-state index in [1.165, 1.54) is 32.2 Å². The first-order chi connectivity index (χ1) is 7.19. The zero-order chi connectivity index (χ0) is 11.3. The first-order valence-electron chi connectivity index (χ1n) is 6.62. The minimum Gasteiger partial charge on any atom is -0.313 e. The van der Waals surface area contributed by atoms with Gasteiger partial charge in [0.2, 0.25) is 0 Å².